The number of benzene rings is 1. The number of methoxy groups -OCH3 is 1. The van der Waals surface area contributed by atoms with E-state index in [0.717, 1.165) is 12.1 Å². The summed E-state index contributed by atoms with van der Waals surface area (Å²) in [7, 11) is 1.52. The van der Waals surface area contributed by atoms with Crippen molar-refractivity contribution in [3.05, 3.63) is 40.5 Å². The number of alkyl halides is 3. The second-order valence-electron chi connectivity index (χ2n) is 3.65. The van der Waals surface area contributed by atoms with Crippen LogP contribution in [0.1, 0.15) is 5.69 Å². The highest BCUT2D eigenvalue weighted by Gasteiger charge is 2.33. The molecule has 0 saturated heterocycles. The average molecular weight is 349 g/mol. The highest BCUT2D eigenvalue weighted by molar-refractivity contribution is 9.10. The molecule has 4 nitrogen and oxygen atoms in total. The Morgan fingerprint density at radius 2 is 1.85 bits per heavy atom. The normalized spacial score (nSPS) is 11.2. The van der Waals surface area contributed by atoms with Gasteiger partial charge in [-0.3, -0.25) is 0 Å². The predicted molar refractivity (Wildman–Crippen MR) is 67.8 cm³/mol. The Morgan fingerprint density at radius 3 is 2.35 bits per heavy atom. The van der Waals surface area contributed by atoms with Gasteiger partial charge >= 0.3 is 6.18 Å². The molecule has 0 bridgehead atoms. The number of rotatable bonds is 3. The molecular formula is C12H8BrF3N2O2. The van der Waals surface area contributed by atoms with E-state index >= 15 is 0 Å². The minimum atomic E-state index is -4.52. The molecule has 0 fully saturated rings. The number of nitrogens with zero attached hydrogens (tertiary/aromatic N) is 2. The molecule has 0 spiro atoms. The SMILES string of the molecule is COc1ccc(Oc2ccc(C(F)(F)F)nn2)c(Br)c1. The fourth-order valence-corrected chi connectivity index (χ4v) is 1.77. The van der Waals surface area contributed by atoms with Gasteiger partial charge in [-0.05, 0) is 40.2 Å². The molecule has 0 unspecified atom stereocenters. The Kier molecular flexibility index (Phi) is 4.12. The molecule has 0 amide bonds. The van der Waals surface area contributed by atoms with Gasteiger partial charge < -0.3 is 9.47 Å². The van der Waals surface area contributed by atoms with Gasteiger partial charge in [-0.1, -0.05) is 0 Å². The summed E-state index contributed by atoms with van der Waals surface area (Å²) in [5.41, 5.74) is -1.07. The zero-order valence-electron chi connectivity index (χ0n) is 10.1. The van der Waals surface area contributed by atoms with E-state index in [2.05, 4.69) is 26.1 Å². The molecule has 0 aliphatic rings. The second-order valence-corrected chi connectivity index (χ2v) is 4.51. The van der Waals surface area contributed by atoms with Gasteiger partial charge in [-0.15, -0.1) is 10.2 Å². The molecule has 20 heavy (non-hydrogen) atoms. The number of ether oxygens (including phenoxy) is 2. The third-order valence-corrected chi connectivity index (χ3v) is 2.90. The maximum absolute atomic E-state index is 12.3. The van der Waals surface area contributed by atoms with Crippen LogP contribution in [0.5, 0.6) is 17.4 Å². The minimum absolute atomic E-state index is 0.0381. The third kappa shape index (κ3) is 3.38. The zero-order chi connectivity index (χ0) is 14.8. The third-order valence-electron chi connectivity index (χ3n) is 2.28. The fourth-order valence-electron chi connectivity index (χ4n) is 1.33. The lowest BCUT2D eigenvalue weighted by Crippen LogP contribution is -2.08. The van der Waals surface area contributed by atoms with Crippen LogP contribution in [-0.2, 0) is 6.18 Å². The zero-order valence-corrected chi connectivity index (χ0v) is 11.7. The van der Waals surface area contributed by atoms with Crippen molar-refractivity contribution in [2.24, 2.45) is 0 Å². The summed E-state index contributed by atoms with van der Waals surface area (Å²) < 4.78 is 47.9. The van der Waals surface area contributed by atoms with Crippen molar-refractivity contribution in [1.82, 2.24) is 10.2 Å². The largest absolute Gasteiger partial charge is 0.497 e. The topological polar surface area (TPSA) is 44.2 Å². The van der Waals surface area contributed by atoms with Gasteiger partial charge in [0.25, 0.3) is 0 Å². The Morgan fingerprint density at radius 1 is 1.10 bits per heavy atom. The van der Waals surface area contributed by atoms with Gasteiger partial charge in [0.2, 0.25) is 5.88 Å². The second kappa shape index (κ2) is 5.66. The molecule has 2 rings (SSSR count). The maximum atomic E-state index is 12.3. The molecule has 0 atom stereocenters. The highest BCUT2D eigenvalue weighted by atomic mass is 79.9. The lowest BCUT2D eigenvalue weighted by atomic mass is 10.3. The van der Waals surface area contributed by atoms with E-state index in [1.165, 1.54) is 7.11 Å². The van der Waals surface area contributed by atoms with Crippen LogP contribution in [0.15, 0.2) is 34.8 Å². The lowest BCUT2D eigenvalue weighted by Gasteiger charge is -2.09. The maximum Gasteiger partial charge on any atom is 0.435 e. The van der Waals surface area contributed by atoms with Crippen LogP contribution in [0.25, 0.3) is 0 Å². The Balaban J connectivity index is 2.18. The van der Waals surface area contributed by atoms with E-state index in [4.69, 9.17) is 9.47 Å². The van der Waals surface area contributed by atoms with Crippen LogP contribution in [0, 0.1) is 0 Å². The summed E-state index contributed by atoms with van der Waals surface area (Å²) in [6.07, 6.45) is -4.52. The Bertz CT molecular complexity index is 603. The minimum Gasteiger partial charge on any atom is -0.497 e. The molecule has 1 heterocycles. The first-order valence-electron chi connectivity index (χ1n) is 5.32. The molecule has 0 aliphatic heterocycles. The molecule has 2 aromatic rings. The molecule has 8 heteroatoms. The van der Waals surface area contributed by atoms with E-state index in [1.54, 1.807) is 18.2 Å². The molecular weight excluding hydrogens is 341 g/mol. The van der Waals surface area contributed by atoms with Gasteiger partial charge in [0.05, 0.1) is 11.6 Å². The molecule has 0 N–H and O–H groups in total. The number of hydrogen-bond acceptors (Lipinski definition) is 4. The number of aromatic nitrogens is 2. The van der Waals surface area contributed by atoms with Crippen molar-refractivity contribution >= 4 is 15.9 Å². The van der Waals surface area contributed by atoms with Gasteiger partial charge in [0.15, 0.2) is 5.69 Å². The monoisotopic (exact) mass is 348 g/mol. The smallest absolute Gasteiger partial charge is 0.435 e. The summed E-state index contributed by atoms with van der Waals surface area (Å²) >= 11 is 3.26. The predicted octanol–water partition coefficient (Wildman–Crippen LogP) is 4.06. The van der Waals surface area contributed by atoms with Crippen LogP contribution >= 0.6 is 15.9 Å². The van der Waals surface area contributed by atoms with Crippen LogP contribution in [-0.4, -0.2) is 17.3 Å². The lowest BCUT2D eigenvalue weighted by molar-refractivity contribution is -0.141. The molecule has 106 valence electrons. The Hall–Kier alpha value is -1.83. The van der Waals surface area contributed by atoms with Crippen molar-refractivity contribution in [2.75, 3.05) is 7.11 Å². The van der Waals surface area contributed by atoms with Crippen LogP contribution < -0.4 is 9.47 Å². The number of halogens is 4. The first-order chi connectivity index (χ1) is 9.40. The molecule has 0 saturated carbocycles. The van der Waals surface area contributed by atoms with E-state index in [9.17, 15) is 13.2 Å². The van der Waals surface area contributed by atoms with E-state index in [1.807, 2.05) is 0 Å². The standard InChI is InChI=1S/C12H8BrF3N2O2/c1-19-7-2-3-9(8(13)6-7)20-11-5-4-10(17-18-11)12(14,15)16/h2-6H,1H3. The fraction of sp³-hybridized carbons (Fsp3) is 0.167. The van der Waals surface area contributed by atoms with Crippen LogP contribution in [0.4, 0.5) is 13.2 Å². The molecule has 1 aromatic heterocycles. The molecule has 0 aliphatic carbocycles. The molecule has 1 aromatic carbocycles. The molecule has 0 radical (unpaired) electrons. The van der Waals surface area contributed by atoms with Gasteiger partial charge in [-0.25, -0.2) is 0 Å². The Labute approximate surface area is 120 Å². The summed E-state index contributed by atoms with van der Waals surface area (Å²) in [6.45, 7) is 0. The summed E-state index contributed by atoms with van der Waals surface area (Å²) in [4.78, 5) is 0. The summed E-state index contributed by atoms with van der Waals surface area (Å²) in [5, 5.41) is 6.45. The van der Waals surface area contributed by atoms with Gasteiger partial charge in [0, 0.05) is 6.07 Å². The van der Waals surface area contributed by atoms with Crippen LogP contribution in [0.3, 0.4) is 0 Å². The van der Waals surface area contributed by atoms with Crippen molar-refractivity contribution < 1.29 is 22.6 Å². The average Bonchev–Trinajstić information content (AvgIpc) is 2.40. The first kappa shape index (κ1) is 14.6. The van der Waals surface area contributed by atoms with Gasteiger partial charge in [-0.2, -0.15) is 13.2 Å². The van der Waals surface area contributed by atoms with Gasteiger partial charge in [0.1, 0.15) is 11.5 Å². The van der Waals surface area contributed by atoms with Crippen molar-refractivity contribution in [1.29, 1.82) is 0 Å². The van der Waals surface area contributed by atoms with Crippen molar-refractivity contribution in [3.63, 3.8) is 0 Å². The first-order valence-corrected chi connectivity index (χ1v) is 6.12. The van der Waals surface area contributed by atoms with E-state index in [0.29, 0.717) is 16.0 Å². The van der Waals surface area contributed by atoms with Crippen LogP contribution in [0.2, 0.25) is 0 Å². The summed E-state index contributed by atoms with van der Waals surface area (Å²) in [5.74, 6) is 0.964. The van der Waals surface area contributed by atoms with Crippen molar-refractivity contribution in [2.45, 2.75) is 6.18 Å². The van der Waals surface area contributed by atoms with E-state index in [-0.39, 0.29) is 5.88 Å². The summed E-state index contributed by atoms with van der Waals surface area (Å²) in [6, 6.07) is 6.82. The van der Waals surface area contributed by atoms with Crippen molar-refractivity contribution in [3.8, 4) is 17.4 Å². The quantitative estimate of drug-likeness (QED) is 0.838. The highest BCUT2D eigenvalue weighted by Crippen LogP contribution is 2.32. The number of hydrogen-bond donors (Lipinski definition) is 0. The van der Waals surface area contributed by atoms with E-state index < -0.39 is 11.9 Å².